The molecule has 1 heterocycles. The van der Waals surface area contributed by atoms with Crippen molar-refractivity contribution in [3.05, 3.63) is 62.5 Å². The van der Waals surface area contributed by atoms with Gasteiger partial charge in [-0.25, -0.2) is 0 Å². The number of nitrogens with zero attached hydrogens (tertiary/aromatic N) is 2. The third kappa shape index (κ3) is 2.89. The normalized spacial score (nSPS) is 18.0. The zero-order valence-electron chi connectivity index (χ0n) is 10.9. The monoisotopic (exact) mass is 383 g/mol. The first-order valence-corrected chi connectivity index (χ1v) is 7.91. The van der Waals surface area contributed by atoms with Crippen molar-refractivity contribution < 1.29 is 0 Å². The average molecular weight is 385 g/mol. The summed E-state index contributed by atoms with van der Waals surface area (Å²) < 4.78 is 0.942. The van der Waals surface area contributed by atoms with Gasteiger partial charge in [-0.3, -0.25) is 4.99 Å². The van der Waals surface area contributed by atoms with E-state index < -0.39 is 0 Å². The van der Waals surface area contributed by atoms with Gasteiger partial charge in [0.25, 0.3) is 0 Å². The highest BCUT2D eigenvalue weighted by molar-refractivity contribution is 9.10. The molecular weight excluding hydrogens is 373 g/mol. The summed E-state index contributed by atoms with van der Waals surface area (Å²) >= 11 is 15.9. The van der Waals surface area contributed by atoms with Gasteiger partial charge in [0.15, 0.2) is 5.96 Å². The van der Waals surface area contributed by atoms with Crippen LogP contribution >= 0.6 is 39.1 Å². The molecule has 0 fully saturated rings. The molecule has 1 aliphatic heterocycles. The van der Waals surface area contributed by atoms with Crippen LogP contribution in [0.15, 0.2) is 51.9 Å². The van der Waals surface area contributed by atoms with Crippen molar-refractivity contribution in [3.63, 3.8) is 0 Å². The molecular formula is C15H12BrCl2N3. The molecule has 0 radical (unpaired) electrons. The lowest BCUT2D eigenvalue weighted by Crippen LogP contribution is -2.36. The molecule has 0 amide bonds. The number of guanidine groups is 1. The average Bonchev–Trinajstić information content (AvgIpc) is 2.80. The predicted octanol–water partition coefficient (Wildman–Crippen LogP) is 4.63. The number of anilines is 1. The summed E-state index contributed by atoms with van der Waals surface area (Å²) in [7, 11) is 0. The van der Waals surface area contributed by atoms with Crippen molar-refractivity contribution >= 4 is 50.8 Å². The number of hydrogen-bond acceptors (Lipinski definition) is 3. The molecule has 6 heteroatoms. The van der Waals surface area contributed by atoms with Gasteiger partial charge in [-0.15, -0.1) is 0 Å². The Kier molecular flexibility index (Phi) is 4.11. The summed E-state index contributed by atoms with van der Waals surface area (Å²) in [6.07, 6.45) is 0. The second-order valence-corrected chi connectivity index (χ2v) is 6.49. The van der Waals surface area contributed by atoms with Gasteiger partial charge in [0, 0.05) is 20.2 Å². The van der Waals surface area contributed by atoms with Gasteiger partial charge in [-0.2, -0.15) is 0 Å². The SMILES string of the molecule is NC1=NCC(c2ccc(Br)cc2Cl)N1c1cccc(Cl)c1. The molecule has 0 bridgehead atoms. The molecule has 2 aromatic rings. The second kappa shape index (κ2) is 5.87. The minimum absolute atomic E-state index is 0.0240. The Bertz CT molecular complexity index is 718. The molecule has 108 valence electrons. The van der Waals surface area contributed by atoms with Gasteiger partial charge in [0.1, 0.15) is 0 Å². The van der Waals surface area contributed by atoms with E-state index in [0.29, 0.717) is 22.5 Å². The molecule has 1 atom stereocenters. The summed E-state index contributed by atoms with van der Waals surface area (Å²) in [5, 5.41) is 1.35. The molecule has 3 rings (SSSR count). The molecule has 3 nitrogen and oxygen atoms in total. The molecule has 0 saturated heterocycles. The van der Waals surface area contributed by atoms with Gasteiger partial charge in [-0.1, -0.05) is 51.3 Å². The molecule has 2 N–H and O–H groups in total. The predicted molar refractivity (Wildman–Crippen MR) is 92.3 cm³/mol. The number of nitrogens with two attached hydrogens (primary N) is 1. The topological polar surface area (TPSA) is 41.6 Å². The fourth-order valence-electron chi connectivity index (χ4n) is 2.44. The molecule has 0 aromatic heterocycles. The molecule has 1 unspecified atom stereocenters. The smallest absolute Gasteiger partial charge is 0.196 e. The van der Waals surface area contributed by atoms with Gasteiger partial charge >= 0.3 is 0 Å². The van der Waals surface area contributed by atoms with Crippen LogP contribution in [0.3, 0.4) is 0 Å². The minimum atomic E-state index is -0.0240. The second-order valence-electron chi connectivity index (χ2n) is 4.73. The van der Waals surface area contributed by atoms with Crippen molar-refractivity contribution in [2.45, 2.75) is 6.04 Å². The number of benzene rings is 2. The van der Waals surface area contributed by atoms with Gasteiger partial charge in [0.2, 0.25) is 0 Å². The summed E-state index contributed by atoms with van der Waals surface area (Å²) in [5.41, 5.74) is 7.95. The van der Waals surface area contributed by atoms with Crippen molar-refractivity contribution in [2.24, 2.45) is 10.7 Å². The van der Waals surface area contributed by atoms with E-state index in [-0.39, 0.29) is 6.04 Å². The Labute approximate surface area is 141 Å². The first kappa shape index (κ1) is 14.7. The molecule has 0 saturated carbocycles. The highest BCUT2D eigenvalue weighted by Gasteiger charge is 2.30. The molecule has 21 heavy (non-hydrogen) atoms. The Morgan fingerprint density at radius 3 is 2.71 bits per heavy atom. The fourth-order valence-corrected chi connectivity index (χ4v) is 3.43. The van der Waals surface area contributed by atoms with Crippen LogP contribution < -0.4 is 10.6 Å². The van der Waals surface area contributed by atoms with E-state index in [0.717, 1.165) is 15.7 Å². The standard InChI is InChI=1S/C15H12BrCl2N3/c16-9-4-5-12(13(18)6-9)14-8-20-15(19)21(14)11-3-1-2-10(17)7-11/h1-7,14H,8H2,(H2,19,20). The lowest BCUT2D eigenvalue weighted by Gasteiger charge is -2.27. The Hall–Kier alpha value is -1.23. The van der Waals surface area contributed by atoms with E-state index in [2.05, 4.69) is 20.9 Å². The van der Waals surface area contributed by atoms with Crippen LogP contribution in [-0.2, 0) is 0 Å². The van der Waals surface area contributed by atoms with Crippen molar-refractivity contribution in [2.75, 3.05) is 11.4 Å². The van der Waals surface area contributed by atoms with Crippen molar-refractivity contribution in [1.29, 1.82) is 0 Å². The summed E-state index contributed by atoms with van der Waals surface area (Å²) in [5.74, 6) is 0.473. The molecule has 2 aromatic carbocycles. The van der Waals surface area contributed by atoms with E-state index in [1.807, 2.05) is 47.4 Å². The summed E-state index contributed by atoms with van der Waals surface area (Å²) in [6, 6.07) is 13.4. The van der Waals surface area contributed by atoms with Crippen LogP contribution in [-0.4, -0.2) is 12.5 Å². The first-order valence-electron chi connectivity index (χ1n) is 6.36. The third-order valence-electron chi connectivity index (χ3n) is 3.39. The van der Waals surface area contributed by atoms with Crippen molar-refractivity contribution in [3.8, 4) is 0 Å². The Balaban J connectivity index is 2.03. The first-order chi connectivity index (χ1) is 10.1. The summed E-state index contributed by atoms with van der Waals surface area (Å²) in [6.45, 7) is 0.569. The van der Waals surface area contributed by atoms with E-state index in [1.165, 1.54) is 0 Å². The maximum atomic E-state index is 6.37. The summed E-state index contributed by atoms with van der Waals surface area (Å²) in [4.78, 5) is 6.31. The maximum absolute atomic E-state index is 6.37. The minimum Gasteiger partial charge on any atom is -0.369 e. The molecule has 0 aliphatic carbocycles. The maximum Gasteiger partial charge on any atom is 0.196 e. The Morgan fingerprint density at radius 1 is 1.19 bits per heavy atom. The van der Waals surface area contributed by atoms with Crippen LogP contribution in [0.2, 0.25) is 10.0 Å². The number of hydrogen-bond donors (Lipinski definition) is 1. The van der Waals surface area contributed by atoms with Gasteiger partial charge < -0.3 is 10.6 Å². The zero-order valence-corrected chi connectivity index (χ0v) is 14.0. The highest BCUT2D eigenvalue weighted by Crippen LogP contribution is 2.36. The van der Waals surface area contributed by atoms with Gasteiger partial charge in [0.05, 0.1) is 12.6 Å². The zero-order chi connectivity index (χ0) is 15.0. The van der Waals surface area contributed by atoms with Crippen LogP contribution in [0.4, 0.5) is 5.69 Å². The van der Waals surface area contributed by atoms with Crippen LogP contribution in [0.25, 0.3) is 0 Å². The van der Waals surface area contributed by atoms with Gasteiger partial charge in [-0.05, 0) is 35.9 Å². The van der Waals surface area contributed by atoms with Crippen LogP contribution in [0.1, 0.15) is 11.6 Å². The van der Waals surface area contributed by atoms with E-state index in [9.17, 15) is 0 Å². The third-order valence-corrected chi connectivity index (χ3v) is 4.45. The molecule has 0 spiro atoms. The number of rotatable bonds is 2. The quantitative estimate of drug-likeness (QED) is 0.819. The van der Waals surface area contributed by atoms with E-state index in [1.54, 1.807) is 0 Å². The fraction of sp³-hybridized carbons (Fsp3) is 0.133. The molecule has 1 aliphatic rings. The largest absolute Gasteiger partial charge is 0.369 e. The lowest BCUT2D eigenvalue weighted by atomic mass is 10.1. The van der Waals surface area contributed by atoms with Crippen LogP contribution in [0, 0.1) is 0 Å². The van der Waals surface area contributed by atoms with Crippen molar-refractivity contribution in [1.82, 2.24) is 0 Å². The van der Waals surface area contributed by atoms with E-state index in [4.69, 9.17) is 28.9 Å². The lowest BCUT2D eigenvalue weighted by molar-refractivity contribution is 0.769. The number of aliphatic imine (C=N–C) groups is 1. The highest BCUT2D eigenvalue weighted by atomic mass is 79.9. The van der Waals surface area contributed by atoms with Crippen LogP contribution in [0.5, 0.6) is 0 Å². The Morgan fingerprint density at radius 2 is 2.00 bits per heavy atom. The van der Waals surface area contributed by atoms with E-state index >= 15 is 0 Å². The number of halogens is 3.